The lowest BCUT2D eigenvalue weighted by Gasteiger charge is -2.06. The Kier molecular flexibility index (Phi) is 6.55. The molecule has 2 N–H and O–H groups in total. The van der Waals surface area contributed by atoms with Gasteiger partial charge in [-0.05, 0) is 13.3 Å². The lowest BCUT2D eigenvalue weighted by Crippen LogP contribution is -2.26. The van der Waals surface area contributed by atoms with Crippen LogP contribution in [-0.2, 0) is 0 Å². The second-order valence-electron chi connectivity index (χ2n) is 2.29. The van der Waals surface area contributed by atoms with E-state index in [-0.39, 0.29) is 6.10 Å². The summed E-state index contributed by atoms with van der Waals surface area (Å²) in [5.74, 6) is 0. The Bertz CT molecular complexity index is 91.3. The van der Waals surface area contributed by atoms with Crippen molar-refractivity contribution >= 4 is 0 Å². The minimum Gasteiger partial charge on any atom is -0.392 e. The first-order valence-electron chi connectivity index (χ1n) is 3.81. The Balaban J connectivity index is 3.03. The largest absolute Gasteiger partial charge is 0.392 e. The molecule has 0 aromatic heterocycles. The first-order chi connectivity index (χ1) is 4.81. The number of hydrogen-bond donors (Lipinski definition) is 2. The predicted molar refractivity (Wildman–Crippen MR) is 44.0 cm³/mol. The van der Waals surface area contributed by atoms with Crippen molar-refractivity contribution in [2.45, 2.75) is 26.4 Å². The fourth-order valence-electron chi connectivity index (χ4n) is 0.595. The van der Waals surface area contributed by atoms with Crippen LogP contribution in [0.2, 0.25) is 0 Å². The van der Waals surface area contributed by atoms with E-state index >= 15 is 0 Å². The third-order valence-corrected chi connectivity index (χ3v) is 1.35. The van der Waals surface area contributed by atoms with Crippen molar-refractivity contribution in [1.82, 2.24) is 5.32 Å². The van der Waals surface area contributed by atoms with Crippen molar-refractivity contribution < 1.29 is 5.11 Å². The van der Waals surface area contributed by atoms with E-state index in [2.05, 4.69) is 5.32 Å². The lowest BCUT2D eigenvalue weighted by atomic mass is 10.3. The van der Waals surface area contributed by atoms with E-state index in [1.165, 1.54) is 0 Å². The summed E-state index contributed by atoms with van der Waals surface area (Å²) in [6.07, 6.45) is 4.65. The van der Waals surface area contributed by atoms with Gasteiger partial charge in [0.1, 0.15) is 0 Å². The second kappa shape index (κ2) is 6.78. The van der Waals surface area contributed by atoms with Crippen LogP contribution in [-0.4, -0.2) is 24.3 Å². The molecule has 10 heavy (non-hydrogen) atoms. The molecular weight excluding hydrogens is 126 g/mol. The van der Waals surface area contributed by atoms with Crippen molar-refractivity contribution in [3.8, 4) is 0 Å². The van der Waals surface area contributed by atoms with E-state index in [4.69, 9.17) is 5.11 Å². The summed E-state index contributed by atoms with van der Waals surface area (Å²) in [4.78, 5) is 0. The highest BCUT2D eigenvalue weighted by Crippen LogP contribution is 1.85. The Morgan fingerprint density at radius 1 is 1.60 bits per heavy atom. The molecule has 0 aliphatic rings. The summed E-state index contributed by atoms with van der Waals surface area (Å²) in [6, 6.07) is 0. The van der Waals surface area contributed by atoms with Crippen molar-refractivity contribution in [1.29, 1.82) is 0 Å². The highest BCUT2D eigenvalue weighted by atomic mass is 16.3. The van der Waals surface area contributed by atoms with Crippen LogP contribution in [0.3, 0.4) is 0 Å². The summed E-state index contributed by atoms with van der Waals surface area (Å²) < 4.78 is 0. The van der Waals surface area contributed by atoms with Gasteiger partial charge in [-0.25, -0.2) is 0 Å². The number of rotatable bonds is 5. The van der Waals surface area contributed by atoms with Crippen LogP contribution in [0.25, 0.3) is 0 Å². The maximum atomic E-state index is 9.07. The molecule has 2 heteroatoms. The van der Waals surface area contributed by atoms with Gasteiger partial charge in [-0.3, -0.25) is 0 Å². The van der Waals surface area contributed by atoms with E-state index in [1.807, 2.05) is 26.0 Å². The molecule has 0 bridgehead atoms. The van der Waals surface area contributed by atoms with E-state index < -0.39 is 0 Å². The highest BCUT2D eigenvalue weighted by molar-refractivity contribution is 4.79. The van der Waals surface area contributed by atoms with Crippen LogP contribution >= 0.6 is 0 Å². The zero-order valence-corrected chi connectivity index (χ0v) is 6.80. The maximum absolute atomic E-state index is 9.07. The van der Waals surface area contributed by atoms with Gasteiger partial charge in [-0.15, -0.1) is 0 Å². The summed E-state index contributed by atoms with van der Waals surface area (Å²) in [5.41, 5.74) is 0. The molecule has 1 atom stereocenters. The van der Waals surface area contributed by atoms with E-state index in [9.17, 15) is 0 Å². The van der Waals surface area contributed by atoms with Gasteiger partial charge in [0.2, 0.25) is 0 Å². The van der Waals surface area contributed by atoms with E-state index in [0.717, 1.165) is 13.0 Å². The predicted octanol–water partition coefficient (Wildman–Crippen LogP) is 0.923. The second-order valence-corrected chi connectivity index (χ2v) is 2.29. The van der Waals surface area contributed by atoms with Crippen molar-refractivity contribution in [2.24, 2.45) is 0 Å². The topological polar surface area (TPSA) is 32.3 Å². The number of hydrogen-bond acceptors (Lipinski definition) is 2. The van der Waals surface area contributed by atoms with Crippen LogP contribution < -0.4 is 5.32 Å². The number of aliphatic hydroxyl groups is 1. The molecule has 0 saturated heterocycles. The average molecular weight is 143 g/mol. The molecule has 0 spiro atoms. The maximum Gasteiger partial charge on any atom is 0.0662 e. The Hall–Kier alpha value is -0.340. The Morgan fingerprint density at radius 3 is 2.80 bits per heavy atom. The van der Waals surface area contributed by atoms with Crippen LogP contribution in [0.5, 0.6) is 0 Å². The molecular formula is C8H17NO. The quantitative estimate of drug-likeness (QED) is 0.443. The zero-order valence-electron chi connectivity index (χ0n) is 6.80. The molecule has 0 unspecified atom stereocenters. The van der Waals surface area contributed by atoms with Gasteiger partial charge in [0.25, 0.3) is 0 Å². The van der Waals surface area contributed by atoms with Gasteiger partial charge < -0.3 is 10.4 Å². The van der Waals surface area contributed by atoms with Crippen molar-refractivity contribution in [3.63, 3.8) is 0 Å². The third-order valence-electron chi connectivity index (χ3n) is 1.35. The molecule has 0 rings (SSSR count). The SMILES string of the molecule is C/C=C/CNC[C@H](O)CC. The molecule has 0 saturated carbocycles. The van der Waals surface area contributed by atoms with Crippen LogP contribution in [0.15, 0.2) is 12.2 Å². The smallest absolute Gasteiger partial charge is 0.0662 e. The summed E-state index contributed by atoms with van der Waals surface area (Å²) in [6.45, 7) is 5.51. The number of aliphatic hydroxyl groups excluding tert-OH is 1. The van der Waals surface area contributed by atoms with Gasteiger partial charge in [0, 0.05) is 13.1 Å². The first kappa shape index (κ1) is 9.66. The molecule has 0 heterocycles. The fraction of sp³-hybridized carbons (Fsp3) is 0.750. The monoisotopic (exact) mass is 143 g/mol. The Morgan fingerprint density at radius 2 is 2.30 bits per heavy atom. The van der Waals surface area contributed by atoms with Crippen molar-refractivity contribution in [2.75, 3.05) is 13.1 Å². The van der Waals surface area contributed by atoms with Gasteiger partial charge in [-0.1, -0.05) is 19.1 Å². The van der Waals surface area contributed by atoms with Gasteiger partial charge >= 0.3 is 0 Å². The molecule has 0 amide bonds. The minimum atomic E-state index is -0.190. The molecule has 0 aliphatic carbocycles. The number of nitrogens with one attached hydrogen (secondary N) is 1. The Labute approximate surface area is 62.9 Å². The van der Waals surface area contributed by atoms with Gasteiger partial charge in [0.15, 0.2) is 0 Å². The van der Waals surface area contributed by atoms with E-state index in [1.54, 1.807) is 0 Å². The van der Waals surface area contributed by atoms with Crippen molar-refractivity contribution in [3.05, 3.63) is 12.2 Å². The standard InChI is InChI=1S/C8H17NO/c1-3-5-6-9-7-8(10)4-2/h3,5,8-10H,4,6-7H2,1-2H3/b5-3+/t8-/m1/s1. The van der Waals surface area contributed by atoms with Crippen LogP contribution in [0, 0.1) is 0 Å². The normalized spacial score (nSPS) is 14.3. The molecule has 0 fully saturated rings. The van der Waals surface area contributed by atoms with E-state index in [0.29, 0.717) is 6.54 Å². The molecule has 0 aromatic carbocycles. The molecule has 60 valence electrons. The number of allylic oxidation sites excluding steroid dienone is 1. The molecule has 0 radical (unpaired) electrons. The van der Waals surface area contributed by atoms with Gasteiger partial charge in [-0.2, -0.15) is 0 Å². The first-order valence-corrected chi connectivity index (χ1v) is 3.81. The molecule has 2 nitrogen and oxygen atoms in total. The van der Waals surface area contributed by atoms with Crippen LogP contribution in [0.1, 0.15) is 20.3 Å². The summed E-state index contributed by atoms with van der Waals surface area (Å²) >= 11 is 0. The highest BCUT2D eigenvalue weighted by Gasteiger charge is 1.96. The minimum absolute atomic E-state index is 0.190. The summed E-state index contributed by atoms with van der Waals surface area (Å²) in [7, 11) is 0. The molecule has 0 aliphatic heterocycles. The third kappa shape index (κ3) is 5.79. The zero-order chi connectivity index (χ0) is 7.82. The molecule has 0 aromatic rings. The van der Waals surface area contributed by atoms with Crippen LogP contribution in [0.4, 0.5) is 0 Å². The lowest BCUT2D eigenvalue weighted by molar-refractivity contribution is 0.169. The fourth-order valence-corrected chi connectivity index (χ4v) is 0.595. The summed E-state index contributed by atoms with van der Waals surface area (Å²) in [5, 5.41) is 12.2. The average Bonchev–Trinajstić information content (AvgIpc) is 1.98. The van der Waals surface area contributed by atoms with Gasteiger partial charge in [0.05, 0.1) is 6.10 Å².